The molecule has 2 amide bonds. The maximum atomic E-state index is 11.8. The smallest absolute Gasteiger partial charge is 0.315 e. The Hall–Kier alpha value is -0.850. The number of urea groups is 1. The Labute approximate surface area is 135 Å². The van der Waals surface area contributed by atoms with Crippen LogP contribution >= 0.6 is 0 Å². The van der Waals surface area contributed by atoms with Crippen LogP contribution in [0.4, 0.5) is 4.79 Å². The van der Waals surface area contributed by atoms with Crippen LogP contribution in [0, 0.1) is 5.92 Å². The van der Waals surface area contributed by atoms with Gasteiger partial charge in [-0.3, -0.25) is 0 Å². The van der Waals surface area contributed by atoms with Gasteiger partial charge in [0.1, 0.15) is 0 Å². The third kappa shape index (κ3) is 7.96. The van der Waals surface area contributed by atoms with E-state index in [-0.39, 0.29) is 24.1 Å². The molecule has 6 nitrogen and oxygen atoms in total. The van der Waals surface area contributed by atoms with Crippen molar-refractivity contribution < 1.29 is 9.90 Å². The van der Waals surface area contributed by atoms with Gasteiger partial charge in [-0.15, -0.1) is 0 Å². The number of aliphatic hydroxyl groups excluding tert-OH is 1. The Kier molecular flexibility index (Phi) is 8.75. The first-order valence-electron chi connectivity index (χ1n) is 8.48. The van der Waals surface area contributed by atoms with Crippen LogP contribution in [0.25, 0.3) is 0 Å². The molecule has 1 aliphatic rings. The molecule has 1 rings (SSSR count). The predicted molar refractivity (Wildman–Crippen MR) is 90.0 cm³/mol. The minimum atomic E-state index is -0.347. The number of carbonyl (C=O) groups is 1. The highest BCUT2D eigenvalue weighted by molar-refractivity contribution is 5.74. The van der Waals surface area contributed by atoms with E-state index >= 15 is 0 Å². The molecule has 0 spiro atoms. The minimum absolute atomic E-state index is 0.109. The van der Waals surface area contributed by atoms with Gasteiger partial charge < -0.3 is 25.5 Å². The summed E-state index contributed by atoms with van der Waals surface area (Å²) in [6.45, 7) is 8.75. The molecule has 1 fully saturated rings. The van der Waals surface area contributed by atoms with Crippen molar-refractivity contribution in [2.75, 3.05) is 46.8 Å². The second-order valence-corrected chi connectivity index (χ2v) is 6.92. The lowest BCUT2D eigenvalue weighted by Crippen LogP contribution is -2.49. The van der Waals surface area contributed by atoms with Crippen molar-refractivity contribution in [1.29, 1.82) is 0 Å². The number of piperidine rings is 1. The van der Waals surface area contributed by atoms with E-state index in [1.807, 2.05) is 13.8 Å². The van der Waals surface area contributed by atoms with E-state index < -0.39 is 0 Å². The summed E-state index contributed by atoms with van der Waals surface area (Å²) in [6.07, 6.45) is 2.28. The van der Waals surface area contributed by atoms with Crippen molar-refractivity contribution in [3.63, 3.8) is 0 Å². The summed E-state index contributed by atoms with van der Waals surface area (Å²) >= 11 is 0. The number of nitrogens with zero attached hydrogens (tertiary/aromatic N) is 2. The Balaban J connectivity index is 2.11. The zero-order chi connectivity index (χ0) is 16.5. The quantitative estimate of drug-likeness (QED) is 0.617. The average Bonchev–Trinajstić information content (AvgIpc) is 2.46. The largest absolute Gasteiger partial charge is 0.393 e. The highest BCUT2D eigenvalue weighted by Gasteiger charge is 2.20. The van der Waals surface area contributed by atoms with E-state index in [2.05, 4.69) is 34.5 Å². The molecule has 130 valence electrons. The van der Waals surface area contributed by atoms with Crippen molar-refractivity contribution in [2.45, 2.75) is 45.3 Å². The standard InChI is InChI=1S/C16H34N4O2/c1-13(2)15(21)5-8-17-16(22)18-14-6-9-20(10-7-14)12-11-19(3)4/h13-15,21H,5-12H2,1-4H3,(H2,17,18,22). The number of likely N-dealkylation sites (tertiary alicyclic amines) is 1. The normalized spacial score (nSPS) is 18.7. The first-order valence-corrected chi connectivity index (χ1v) is 8.48. The lowest BCUT2D eigenvalue weighted by atomic mass is 10.0. The fourth-order valence-electron chi connectivity index (χ4n) is 2.55. The summed E-state index contributed by atoms with van der Waals surface area (Å²) < 4.78 is 0. The molecule has 0 radical (unpaired) electrons. The molecule has 22 heavy (non-hydrogen) atoms. The molecule has 0 aliphatic carbocycles. The lowest BCUT2D eigenvalue weighted by Gasteiger charge is -2.32. The molecule has 1 saturated heterocycles. The van der Waals surface area contributed by atoms with Crippen LogP contribution in [-0.4, -0.2) is 79.9 Å². The predicted octanol–water partition coefficient (Wildman–Crippen LogP) is 0.719. The van der Waals surface area contributed by atoms with Crippen LogP contribution < -0.4 is 10.6 Å². The molecule has 0 saturated carbocycles. The number of hydrogen-bond acceptors (Lipinski definition) is 4. The molecule has 0 aromatic heterocycles. The molecule has 3 N–H and O–H groups in total. The summed E-state index contributed by atoms with van der Waals surface area (Å²) in [4.78, 5) is 16.5. The second-order valence-electron chi connectivity index (χ2n) is 6.92. The van der Waals surface area contributed by atoms with Crippen molar-refractivity contribution in [3.8, 4) is 0 Å². The Morgan fingerprint density at radius 1 is 1.32 bits per heavy atom. The summed E-state index contributed by atoms with van der Waals surface area (Å²) in [7, 11) is 4.18. The van der Waals surface area contributed by atoms with Crippen LogP contribution in [0.5, 0.6) is 0 Å². The van der Waals surface area contributed by atoms with Crippen LogP contribution in [0.15, 0.2) is 0 Å². The third-order valence-corrected chi connectivity index (χ3v) is 4.28. The topological polar surface area (TPSA) is 67.8 Å². The summed E-state index contributed by atoms with van der Waals surface area (Å²) in [5.41, 5.74) is 0. The van der Waals surface area contributed by atoms with Gasteiger partial charge in [0.05, 0.1) is 6.10 Å². The number of likely N-dealkylation sites (N-methyl/N-ethyl adjacent to an activating group) is 1. The van der Waals surface area contributed by atoms with Crippen molar-refractivity contribution >= 4 is 6.03 Å². The number of rotatable bonds is 8. The van der Waals surface area contributed by atoms with Crippen molar-refractivity contribution in [1.82, 2.24) is 20.4 Å². The van der Waals surface area contributed by atoms with Crippen molar-refractivity contribution in [2.24, 2.45) is 5.92 Å². The SMILES string of the molecule is CC(C)C(O)CCNC(=O)NC1CCN(CCN(C)C)CC1. The minimum Gasteiger partial charge on any atom is -0.393 e. The number of carbonyl (C=O) groups excluding carboxylic acids is 1. The van der Waals surface area contributed by atoms with E-state index in [9.17, 15) is 9.90 Å². The number of nitrogens with one attached hydrogen (secondary N) is 2. The molecule has 1 unspecified atom stereocenters. The fourth-order valence-corrected chi connectivity index (χ4v) is 2.55. The molecular weight excluding hydrogens is 280 g/mol. The summed E-state index contributed by atoms with van der Waals surface area (Å²) in [5, 5.41) is 15.6. The molecule has 1 atom stereocenters. The molecule has 1 aliphatic heterocycles. The van der Waals surface area contributed by atoms with E-state index in [0.29, 0.717) is 13.0 Å². The number of aliphatic hydroxyl groups is 1. The third-order valence-electron chi connectivity index (χ3n) is 4.28. The maximum Gasteiger partial charge on any atom is 0.315 e. The van der Waals surface area contributed by atoms with Gasteiger partial charge in [0, 0.05) is 38.8 Å². The zero-order valence-corrected chi connectivity index (χ0v) is 14.6. The van der Waals surface area contributed by atoms with Gasteiger partial charge in [-0.2, -0.15) is 0 Å². The van der Waals surface area contributed by atoms with Gasteiger partial charge >= 0.3 is 6.03 Å². The zero-order valence-electron chi connectivity index (χ0n) is 14.6. The maximum absolute atomic E-state index is 11.8. The van der Waals surface area contributed by atoms with Crippen LogP contribution in [0.3, 0.4) is 0 Å². The number of hydrogen-bond donors (Lipinski definition) is 3. The van der Waals surface area contributed by atoms with E-state index in [4.69, 9.17) is 0 Å². The summed E-state index contributed by atoms with van der Waals surface area (Å²) in [5.74, 6) is 0.233. The van der Waals surface area contributed by atoms with E-state index in [0.717, 1.165) is 39.0 Å². The van der Waals surface area contributed by atoms with Gasteiger partial charge in [-0.05, 0) is 39.3 Å². The van der Waals surface area contributed by atoms with Crippen LogP contribution in [-0.2, 0) is 0 Å². The first-order chi connectivity index (χ1) is 10.4. The molecule has 0 aromatic carbocycles. The van der Waals surface area contributed by atoms with Gasteiger partial charge in [0.2, 0.25) is 0 Å². The van der Waals surface area contributed by atoms with Gasteiger partial charge in [-0.25, -0.2) is 4.79 Å². The molecule has 1 heterocycles. The van der Waals surface area contributed by atoms with Crippen LogP contribution in [0.2, 0.25) is 0 Å². The Morgan fingerprint density at radius 3 is 2.50 bits per heavy atom. The highest BCUT2D eigenvalue weighted by Crippen LogP contribution is 2.10. The molecule has 0 bridgehead atoms. The average molecular weight is 314 g/mol. The van der Waals surface area contributed by atoms with Crippen LogP contribution in [0.1, 0.15) is 33.1 Å². The first kappa shape index (κ1) is 19.2. The number of amides is 2. The molecule has 0 aromatic rings. The van der Waals surface area contributed by atoms with E-state index in [1.165, 1.54) is 0 Å². The van der Waals surface area contributed by atoms with Gasteiger partial charge in [0.15, 0.2) is 0 Å². The van der Waals surface area contributed by atoms with Gasteiger partial charge in [0.25, 0.3) is 0 Å². The monoisotopic (exact) mass is 314 g/mol. The lowest BCUT2D eigenvalue weighted by molar-refractivity contribution is 0.116. The van der Waals surface area contributed by atoms with Crippen molar-refractivity contribution in [3.05, 3.63) is 0 Å². The fraction of sp³-hybridized carbons (Fsp3) is 0.938. The van der Waals surface area contributed by atoms with Gasteiger partial charge in [-0.1, -0.05) is 13.8 Å². The highest BCUT2D eigenvalue weighted by atomic mass is 16.3. The molecule has 6 heteroatoms. The Morgan fingerprint density at radius 2 is 1.95 bits per heavy atom. The molecular formula is C16H34N4O2. The Bertz CT molecular complexity index is 315. The summed E-state index contributed by atoms with van der Waals surface area (Å²) in [6, 6.07) is 0.160. The second kappa shape index (κ2) is 10.0. The van der Waals surface area contributed by atoms with E-state index in [1.54, 1.807) is 0 Å².